The molecule has 8 rings (SSSR count). The minimum Gasteiger partial charge on any atom is -0.251 e. The van der Waals surface area contributed by atoms with Crippen molar-refractivity contribution in [3.05, 3.63) is 47.8 Å². The van der Waals surface area contributed by atoms with Crippen LogP contribution in [-0.4, -0.2) is 9.97 Å². The number of aromatic nitrogens is 2. The molecule has 2 heteroatoms. The molecule has 0 N–H and O–H groups in total. The van der Waals surface area contributed by atoms with Gasteiger partial charge in [0.1, 0.15) is 0 Å². The zero-order chi connectivity index (χ0) is 20.7. The molecule has 0 spiro atoms. The third kappa shape index (κ3) is 2.61. The maximum absolute atomic E-state index is 5.19. The van der Waals surface area contributed by atoms with Crippen molar-refractivity contribution >= 4 is 0 Å². The van der Waals surface area contributed by atoms with Gasteiger partial charge >= 0.3 is 0 Å². The first kappa shape index (κ1) is 19.0. The fourth-order valence-corrected chi connectivity index (χ4v) is 7.93. The van der Waals surface area contributed by atoms with E-state index in [-0.39, 0.29) is 0 Å². The molecule has 2 aromatic rings. The third-order valence-electron chi connectivity index (χ3n) is 10.3. The van der Waals surface area contributed by atoms with Crippen LogP contribution in [0.25, 0.3) is 11.4 Å². The SMILES string of the molecule is CC1(C)[C@H]2CC[C@H](c3cccc(-c4cccc([C@H]5CC[C@H]6C[C@@H]5C6(C)C)n4)n3)[C@@H]1C2. The Kier molecular flexibility index (Phi) is 4.06. The summed E-state index contributed by atoms with van der Waals surface area (Å²) in [6.07, 6.45) is 8.15. The van der Waals surface area contributed by atoms with Crippen molar-refractivity contribution in [2.45, 2.75) is 78.1 Å². The summed E-state index contributed by atoms with van der Waals surface area (Å²) in [4.78, 5) is 10.4. The van der Waals surface area contributed by atoms with Crippen LogP contribution in [0, 0.1) is 34.5 Å². The van der Waals surface area contributed by atoms with Gasteiger partial charge in [-0.15, -0.1) is 0 Å². The predicted octanol–water partition coefficient (Wildman–Crippen LogP) is 7.22. The number of nitrogens with zero attached hydrogens (tertiary/aromatic N) is 2. The van der Waals surface area contributed by atoms with Crippen LogP contribution in [0.3, 0.4) is 0 Å². The first-order chi connectivity index (χ1) is 14.4. The number of hydrogen-bond acceptors (Lipinski definition) is 2. The van der Waals surface area contributed by atoms with Crippen LogP contribution < -0.4 is 0 Å². The maximum atomic E-state index is 5.19. The van der Waals surface area contributed by atoms with Gasteiger partial charge in [-0.25, -0.2) is 0 Å². The van der Waals surface area contributed by atoms with E-state index in [1.807, 2.05) is 0 Å². The van der Waals surface area contributed by atoms with Gasteiger partial charge in [0.05, 0.1) is 11.4 Å². The fraction of sp³-hybridized carbons (Fsp3) is 0.643. The minimum absolute atomic E-state index is 0.493. The first-order valence-electron chi connectivity index (χ1n) is 12.3. The van der Waals surface area contributed by atoms with Crippen LogP contribution in [0.2, 0.25) is 0 Å². The summed E-state index contributed by atoms with van der Waals surface area (Å²) in [6, 6.07) is 13.3. The van der Waals surface area contributed by atoms with Crippen molar-refractivity contribution in [1.29, 1.82) is 0 Å². The van der Waals surface area contributed by atoms with E-state index >= 15 is 0 Å². The van der Waals surface area contributed by atoms with E-state index in [0.717, 1.165) is 35.1 Å². The van der Waals surface area contributed by atoms with Crippen molar-refractivity contribution in [3.63, 3.8) is 0 Å². The second-order valence-corrected chi connectivity index (χ2v) is 12.0. The number of hydrogen-bond donors (Lipinski definition) is 0. The van der Waals surface area contributed by atoms with Crippen molar-refractivity contribution in [2.75, 3.05) is 0 Å². The summed E-state index contributed by atoms with van der Waals surface area (Å²) in [5.74, 6) is 4.72. The van der Waals surface area contributed by atoms with E-state index in [0.29, 0.717) is 22.7 Å². The normalized spacial score (nSPS) is 37.7. The van der Waals surface area contributed by atoms with E-state index in [1.54, 1.807) is 0 Å². The molecule has 2 aromatic heterocycles. The van der Waals surface area contributed by atoms with Crippen LogP contribution >= 0.6 is 0 Å². The molecule has 6 saturated carbocycles. The first-order valence-corrected chi connectivity index (χ1v) is 12.3. The molecule has 158 valence electrons. The van der Waals surface area contributed by atoms with Gasteiger partial charge in [0.25, 0.3) is 0 Å². The molecule has 0 amide bonds. The van der Waals surface area contributed by atoms with E-state index in [4.69, 9.17) is 9.97 Å². The van der Waals surface area contributed by atoms with Crippen LogP contribution in [0.4, 0.5) is 0 Å². The van der Waals surface area contributed by atoms with Gasteiger partial charge in [0.2, 0.25) is 0 Å². The molecule has 6 aliphatic carbocycles. The Hall–Kier alpha value is -1.70. The van der Waals surface area contributed by atoms with E-state index in [2.05, 4.69) is 64.1 Å². The topological polar surface area (TPSA) is 25.8 Å². The lowest BCUT2D eigenvalue weighted by Gasteiger charge is -2.60. The molecule has 30 heavy (non-hydrogen) atoms. The standard InChI is InChI=1S/C28H36N2/c1-27(2)17-11-13-19(21(27)15-17)23-7-5-9-25(29-23)26-10-6-8-24(30-26)20-14-12-18-16-22(20)28(18,3)4/h5-10,17-22H,11-16H2,1-4H3/t17-,18-,19-,20-,21-,22-/m0/s1. The van der Waals surface area contributed by atoms with Crippen LogP contribution in [0.1, 0.15) is 89.4 Å². The third-order valence-corrected chi connectivity index (χ3v) is 10.3. The zero-order valence-corrected chi connectivity index (χ0v) is 19.1. The molecular formula is C28H36N2. The largest absolute Gasteiger partial charge is 0.251 e. The molecular weight excluding hydrogens is 364 g/mol. The van der Waals surface area contributed by atoms with E-state index in [9.17, 15) is 0 Å². The average molecular weight is 401 g/mol. The molecule has 0 aromatic carbocycles. The van der Waals surface area contributed by atoms with Crippen LogP contribution in [0.15, 0.2) is 36.4 Å². The fourth-order valence-electron chi connectivity index (χ4n) is 7.93. The molecule has 4 bridgehead atoms. The monoisotopic (exact) mass is 400 g/mol. The van der Waals surface area contributed by atoms with Gasteiger partial charge in [-0.05, 0) is 97.3 Å². The highest BCUT2D eigenvalue weighted by Gasteiger charge is 2.55. The summed E-state index contributed by atoms with van der Waals surface area (Å²) < 4.78 is 0. The van der Waals surface area contributed by atoms with Gasteiger partial charge in [-0.1, -0.05) is 39.8 Å². The van der Waals surface area contributed by atoms with E-state index in [1.165, 1.54) is 49.9 Å². The molecule has 0 saturated heterocycles. The summed E-state index contributed by atoms with van der Waals surface area (Å²) in [7, 11) is 0. The highest BCUT2D eigenvalue weighted by atomic mass is 14.8. The summed E-state index contributed by atoms with van der Waals surface area (Å²) in [6.45, 7) is 9.90. The van der Waals surface area contributed by atoms with Crippen molar-refractivity contribution in [3.8, 4) is 11.4 Å². The minimum atomic E-state index is 0.493. The Morgan fingerprint density at radius 2 is 1.07 bits per heavy atom. The highest BCUT2D eigenvalue weighted by Crippen LogP contribution is 2.64. The van der Waals surface area contributed by atoms with Gasteiger partial charge in [0, 0.05) is 23.2 Å². The van der Waals surface area contributed by atoms with Crippen molar-refractivity contribution in [1.82, 2.24) is 9.97 Å². The number of rotatable bonds is 3. The molecule has 0 aliphatic heterocycles. The maximum Gasteiger partial charge on any atom is 0.0889 e. The smallest absolute Gasteiger partial charge is 0.0889 e. The van der Waals surface area contributed by atoms with Crippen LogP contribution in [0.5, 0.6) is 0 Å². The van der Waals surface area contributed by atoms with Crippen molar-refractivity contribution in [2.24, 2.45) is 34.5 Å². The number of fused-ring (bicyclic) bond motifs is 4. The number of pyridine rings is 2. The van der Waals surface area contributed by atoms with E-state index < -0.39 is 0 Å². The molecule has 0 radical (unpaired) electrons. The average Bonchev–Trinajstić information content (AvgIpc) is 2.79. The lowest BCUT2D eigenvalue weighted by Crippen LogP contribution is -2.51. The molecule has 6 fully saturated rings. The molecule has 6 atom stereocenters. The highest BCUT2D eigenvalue weighted by molar-refractivity contribution is 5.54. The Morgan fingerprint density at radius 1 is 0.633 bits per heavy atom. The summed E-state index contributed by atoms with van der Waals surface area (Å²) in [5.41, 5.74) is 5.72. The Bertz CT molecular complexity index is 891. The summed E-state index contributed by atoms with van der Waals surface area (Å²) in [5, 5.41) is 0. The van der Waals surface area contributed by atoms with Gasteiger partial charge < -0.3 is 0 Å². The van der Waals surface area contributed by atoms with Crippen molar-refractivity contribution < 1.29 is 0 Å². The lowest BCUT2D eigenvalue weighted by molar-refractivity contribution is -0.0814. The quantitative estimate of drug-likeness (QED) is 0.543. The van der Waals surface area contributed by atoms with Crippen LogP contribution in [-0.2, 0) is 0 Å². The Labute approximate surface area is 181 Å². The van der Waals surface area contributed by atoms with Gasteiger partial charge in [-0.3, -0.25) is 9.97 Å². The molecule has 6 aliphatic rings. The van der Waals surface area contributed by atoms with Gasteiger partial charge in [-0.2, -0.15) is 0 Å². The second-order valence-electron chi connectivity index (χ2n) is 12.0. The molecule has 0 unspecified atom stereocenters. The lowest BCUT2D eigenvalue weighted by atomic mass is 9.45. The van der Waals surface area contributed by atoms with Gasteiger partial charge in [0.15, 0.2) is 0 Å². The molecule has 2 heterocycles. The second kappa shape index (κ2) is 6.40. The predicted molar refractivity (Wildman–Crippen MR) is 122 cm³/mol. The Morgan fingerprint density at radius 3 is 1.43 bits per heavy atom. The Balaban J connectivity index is 1.29. The summed E-state index contributed by atoms with van der Waals surface area (Å²) >= 11 is 0. The molecule has 2 nitrogen and oxygen atoms in total. The zero-order valence-electron chi connectivity index (χ0n) is 19.1.